The molecule has 0 radical (unpaired) electrons. The molecular weight excluding hydrogens is 170 g/mol. The van der Waals surface area contributed by atoms with Gasteiger partial charge in [-0.05, 0) is 5.92 Å². The number of hydrogen-bond acceptors (Lipinski definition) is 2. The number of nitrogens with zero attached hydrogens (tertiary/aromatic N) is 1. The maximum absolute atomic E-state index is 11.2. The summed E-state index contributed by atoms with van der Waals surface area (Å²) in [6, 6.07) is -0.681. The molecule has 0 unspecified atom stereocenters. The fraction of sp³-hybridized carbons (Fsp3) is 0.750. The molecule has 74 valence electrons. The molecule has 0 bridgehead atoms. The third-order valence-corrected chi connectivity index (χ3v) is 2.15. The van der Waals surface area contributed by atoms with Crippen molar-refractivity contribution in [2.45, 2.75) is 19.9 Å². The molecular formula is C8H15N3O2. The van der Waals surface area contributed by atoms with Gasteiger partial charge in [-0.25, -0.2) is 4.79 Å². The molecule has 0 aromatic carbocycles. The second kappa shape index (κ2) is 3.64. The van der Waals surface area contributed by atoms with Crippen LogP contribution in [0.25, 0.3) is 0 Å². The van der Waals surface area contributed by atoms with Crippen molar-refractivity contribution in [3.63, 3.8) is 0 Å². The predicted octanol–water partition coefficient (Wildman–Crippen LogP) is -0.478. The number of carbonyl (C=O) groups excluding carboxylic acids is 2. The lowest BCUT2D eigenvalue weighted by atomic mass is 10.0. The van der Waals surface area contributed by atoms with E-state index in [1.807, 2.05) is 13.8 Å². The second-order valence-corrected chi connectivity index (χ2v) is 3.52. The number of amides is 3. The van der Waals surface area contributed by atoms with E-state index in [9.17, 15) is 9.59 Å². The van der Waals surface area contributed by atoms with E-state index in [-0.39, 0.29) is 11.9 Å². The highest BCUT2D eigenvalue weighted by atomic mass is 16.2. The molecule has 0 aromatic heterocycles. The molecule has 1 heterocycles. The second-order valence-electron chi connectivity index (χ2n) is 3.52. The molecule has 1 fully saturated rings. The molecule has 1 atom stereocenters. The first-order chi connectivity index (χ1) is 6.04. The summed E-state index contributed by atoms with van der Waals surface area (Å²) in [6.07, 6.45) is 0. The molecule has 3 amide bonds. The zero-order chi connectivity index (χ0) is 10.0. The fourth-order valence-corrected chi connectivity index (χ4v) is 1.59. The van der Waals surface area contributed by atoms with Gasteiger partial charge in [-0.15, -0.1) is 0 Å². The zero-order valence-corrected chi connectivity index (χ0v) is 7.91. The van der Waals surface area contributed by atoms with E-state index in [1.54, 1.807) is 0 Å². The summed E-state index contributed by atoms with van der Waals surface area (Å²) in [6.45, 7) is 4.90. The third-order valence-electron chi connectivity index (χ3n) is 2.15. The molecule has 0 spiro atoms. The SMILES string of the molecule is CC(C)[C@@H](C(N)=O)N1CCNC1=O. The summed E-state index contributed by atoms with van der Waals surface area (Å²) >= 11 is 0. The Morgan fingerprint density at radius 3 is 2.54 bits per heavy atom. The van der Waals surface area contributed by atoms with Gasteiger partial charge in [-0.3, -0.25) is 4.79 Å². The lowest BCUT2D eigenvalue weighted by Gasteiger charge is -2.26. The minimum atomic E-state index is -0.484. The van der Waals surface area contributed by atoms with Crippen LogP contribution in [0.2, 0.25) is 0 Å². The smallest absolute Gasteiger partial charge is 0.318 e. The van der Waals surface area contributed by atoms with Crippen LogP contribution in [0.15, 0.2) is 0 Å². The van der Waals surface area contributed by atoms with Crippen molar-refractivity contribution >= 4 is 11.9 Å². The molecule has 3 N–H and O–H groups in total. The van der Waals surface area contributed by atoms with Gasteiger partial charge in [0.1, 0.15) is 6.04 Å². The Bertz CT molecular complexity index is 227. The van der Waals surface area contributed by atoms with E-state index in [0.717, 1.165) is 0 Å². The highest BCUT2D eigenvalue weighted by Crippen LogP contribution is 2.12. The third kappa shape index (κ3) is 1.91. The first-order valence-electron chi connectivity index (χ1n) is 4.38. The summed E-state index contributed by atoms with van der Waals surface area (Å²) < 4.78 is 0. The zero-order valence-electron chi connectivity index (χ0n) is 7.91. The molecule has 13 heavy (non-hydrogen) atoms. The predicted molar refractivity (Wildman–Crippen MR) is 47.9 cm³/mol. The topological polar surface area (TPSA) is 75.4 Å². The quantitative estimate of drug-likeness (QED) is 0.623. The lowest BCUT2D eigenvalue weighted by molar-refractivity contribution is -0.123. The van der Waals surface area contributed by atoms with E-state index in [1.165, 1.54) is 4.90 Å². The van der Waals surface area contributed by atoms with Crippen molar-refractivity contribution in [1.29, 1.82) is 0 Å². The van der Waals surface area contributed by atoms with Crippen molar-refractivity contribution in [3.05, 3.63) is 0 Å². The number of nitrogens with two attached hydrogens (primary N) is 1. The molecule has 0 aliphatic carbocycles. The van der Waals surface area contributed by atoms with Crippen molar-refractivity contribution in [2.24, 2.45) is 11.7 Å². The van der Waals surface area contributed by atoms with Crippen molar-refractivity contribution in [2.75, 3.05) is 13.1 Å². The van der Waals surface area contributed by atoms with E-state index in [0.29, 0.717) is 13.1 Å². The average molecular weight is 185 g/mol. The van der Waals surface area contributed by atoms with Crippen LogP contribution in [0.4, 0.5) is 4.79 Å². The normalized spacial score (nSPS) is 19.0. The lowest BCUT2D eigenvalue weighted by Crippen LogP contribution is -2.49. The Morgan fingerprint density at radius 1 is 1.62 bits per heavy atom. The number of rotatable bonds is 3. The van der Waals surface area contributed by atoms with Crippen LogP contribution in [-0.2, 0) is 4.79 Å². The van der Waals surface area contributed by atoms with Crippen LogP contribution < -0.4 is 11.1 Å². The molecule has 5 heteroatoms. The Balaban J connectivity index is 2.75. The van der Waals surface area contributed by atoms with Crippen LogP contribution in [0, 0.1) is 5.92 Å². The molecule has 1 aliphatic rings. The summed E-state index contributed by atoms with van der Waals surface area (Å²) in [5, 5.41) is 2.64. The Kier molecular flexibility index (Phi) is 2.75. The van der Waals surface area contributed by atoms with Gasteiger partial charge in [0.15, 0.2) is 0 Å². The summed E-state index contributed by atoms with van der Waals surface area (Å²) in [5.74, 6) is -0.381. The van der Waals surface area contributed by atoms with Crippen LogP contribution in [-0.4, -0.2) is 36.0 Å². The van der Waals surface area contributed by atoms with Crippen molar-refractivity contribution < 1.29 is 9.59 Å². The Labute approximate surface area is 77.3 Å². The van der Waals surface area contributed by atoms with Gasteiger partial charge in [0.25, 0.3) is 0 Å². The van der Waals surface area contributed by atoms with Gasteiger partial charge in [0, 0.05) is 13.1 Å². The van der Waals surface area contributed by atoms with E-state index >= 15 is 0 Å². The summed E-state index contributed by atoms with van der Waals surface area (Å²) in [7, 11) is 0. The summed E-state index contributed by atoms with van der Waals surface area (Å²) in [5.41, 5.74) is 5.22. The number of urea groups is 1. The van der Waals surface area contributed by atoms with Crippen LogP contribution >= 0.6 is 0 Å². The Morgan fingerprint density at radius 2 is 2.23 bits per heavy atom. The minimum Gasteiger partial charge on any atom is -0.368 e. The van der Waals surface area contributed by atoms with Gasteiger partial charge in [-0.2, -0.15) is 0 Å². The average Bonchev–Trinajstić information content (AvgIpc) is 2.35. The Hall–Kier alpha value is -1.26. The van der Waals surface area contributed by atoms with Gasteiger partial charge >= 0.3 is 6.03 Å². The van der Waals surface area contributed by atoms with Crippen LogP contribution in [0.3, 0.4) is 0 Å². The maximum atomic E-state index is 11.2. The number of primary amides is 1. The molecule has 1 aliphatic heterocycles. The minimum absolute atomic E-state index is 0.0568. The van der Waals surface area contributed by atoms with Gasteiger partial charge in [0.05, 0.1) is 0 Å². The van der Waals surface area contributed by atoms with E-state index in [2.05, 4.69) is 5.32 Å². The molecule has 0 saturated carbocycles. The first kappa shape index (κ1) is 9.83. The molecule has 0 aromatic rings. The van der Waals surface area contributed by atoms with E-state index < -0.39 is 11.9 Å². The molecule has 1 rings (SSSR count). The number of nitrogens with one attached hydrogen (secondary N) is 1. The van der Waals surface area contributed by atoms with Crippen LogP contribution in [0.1, 0.15) is 13.8 Å². The first-order valence-corrected chi connectivity index (χ1v) is 4.38. The molecule has 1 saturated heterocycles. The standard InChI is InChI=1S/C8H15N3O2/c1-5(2)6(7(9)12)11-4-3-10-8(11)13/h5-6H,3-4H2,1-2H3,(H2,9,12)(H,10,13)/t6-/m0/s1. The monoisotopic (exact) mass is 185 g/mol. The van der Waals surface area contributed by atoms with Crippen LogP contribution in [0.5, 0.6) is 0 Å². The fourth-order valence-electron chi connectivity index (χ4n) is 1.59. The highest BCUT2D eigenvalue weighted by molar-refractivity contribution is 5.87. The van der Waals surface area contributed by atoms with Gasteiger partial charge in [-0.1, -0.05) is 13.8 Å². The highest BCUT2D eigenvalue weighted by Gasteiger charge is 2.33. The number of carbonyl (C=O) groups is 2. The molecule has 5 nitrogen and oxygen atoms in total. The number of hydrogen-bond donors (Lipinski definition) is 2. The largest absolute Gasteiger partial charge is 0.368 e. The van der Waals surface area contributed by atoms with Crippen molar-refractivity contribution in [1.82, 2.24) is 10.2 Å². The van der Waals surface area contributed by atoms with Gasteiger partial charge in [0.2, 0.25) is 5.91 Å². The van der Waals surface area contributed by atoms with Gasteiger partial charge < -0.3 is 16.0 Å². The van der Waals surface area contributed by atoms with Crippen molar-refractivity contribution in [3.8, 4) is 0 Å². The maximum Gasteiger partial charge on any atom is 0.318 e. The van der Waals surface area contributed by atoms with E-state index in [4.69, 9.17) is 5.73 Å². The summed E-state index contributed by atoms with van der Waals surface area (Å²) in [4.78, 5) is 23.8.